The standard InChI is InChI=1S/C13H18N4O4/c1-2-17(11-8-21-7-10(11)12(18)19)13(20)14-6-9-4-3-5-15-16-9/h3-5,10-11H,2,6-8H2,1H3,(H,14,20)(H,18,19). The van der Waals surface area contributed by atoms with Gasteiger partial charge in [0, 0.05) is 12.7 Å². The highest BCUT2D eigenvalue weighted by molar-refractivity contribution is 5.77. The van der Waals surface area contributed by atoms with Gasteiger partial charge in [-0.3, -0.25) is 4.79 Å². The Hall–Kier alpha value is -2.22. The van der Waals surface area contributed by atoms with Gasteiger partial charge in [0.05, 0.1) is 31.5 Å². The van der Waals surface area contributed by atoms with Crippen LogP contribution in [0.4, 0.5) is 4.79 Å². The van der Waals surface area contributed by atoms with E-state index in [0.29, 0.717) is 12.2 Å². The Morgan fingerprint density at radius 2 is 2.33 bits per heavy atom. The molecule has 1 aliphatic heterocycles. The van der Waals surface area contributed by atoms with Crippen LogP contribution in [0, 0.1) is 5.92 Å². The number of urea groups is 1. The van der Waals surface area contributed by atoms with E-state index >= 15 is 0 Å². The van der Waals surface area contributed by atoms with Gasteiger partial charge in [-0.1, -0.05) is 0 Å². The predicted octanol–water partition coefficient (Wildman–Crippen LogP) is 0.108. The first kappa shape index (κ1) is 15.2. The van der Waals surface area contributed by atoms with Crippen molar-refractivity contribution in [1.29, 1.82) is 0 Å². The van der Waals surface area contributed by atoms with Gasteiger partial charge in [0.2, 0.25) is 0 Å². The lowest BCUT2D eigenvalue weighted by Crippen LogP contribution is -2.50. The molecule has 0 aromatic carbocycles. The van der Waals surface area contributed by atoms with Crippen molar-refractivity contribution in [3.8, 4) is 0 Å². The van der Waals surface area contributed by atoms with Crippen LogP contribution in [0.5, 0.6) is 0 Å². The molecule has 1 fully saturated rings. The molecule has 0 aliphatic carbocycles. The third kappa shape index (κ3) is 3.66. The number of aliphatic carboxylic acids is 1. The fourth-order valence-electron chi connectivity index (χ4n) is 2.31. The quantitative estimate of drug-likeness (QED) is 0.798. The van der Waals surface area contributed by atoms with Gasteiger partial charge in [0.1, 0.15) is 5.92 Å². The number of likely N-dealkylation sites (N-methyl/N-ethyl adjacent to an activating group) is 1. The van der Waals surface area contributed by atoms with Crippen molar-refractivity contribution in [3.63, 3.8) is 0 Å². The maximum Gasteiger partial charge on any atom is 0.318 e. The SMILES string of the molecule is CCN(C(=O)NCc1cccnn1)C1COCC1C(=O)O. The number of ether oxygens (including phenoxy) is 1. The molecule has 1 aromatic rings. The fourth-order valence-corrected chi connectivity index (χ4v) is 2.31. The van der Waals surface area contributed by atoms with E-state index in [0.717, 1.165) is 0 Å². The molecule has 2 heterocycles. The zero-order valence-corrected chi connectivity index (χ0v) is 11.7. The number of rotatable bonds is 5. The lowest BCUT2D eigenvalue weighted by Gasteiger charge is -2.29. The number of hydrogen-bond donors (Lipinski definition) is 2. The highest BCUT2D eigenvalue weighted by atomic mass is 16.5. The molecular weight excluding hydrogens is 276 g/mol. The van der Waals surface area contributed by atoms with Crippen LogP contribution in [0.1, 0.15) is 12.6 Å². The molecule has 114 valence electrons. The highest BCUT2D eigenvalue weighted by Gasteiger charge is 2.39. The number of carboxylic acid groups (broad SMARTS) is 1. The summed E-state index contributed by atoms with van der Waals surface area (Å²) in [6.45, 7) is 2.83. The molecule has 2 rings (SSSR count). The van der Waals surface area contributed by atoms with Gasteiger partial charge in [-0.25, -0.2) is 4.79 Å². The minimum Gasteiger partial charge on any atom is -0.481 e. The van der Waals surface area contributed by atoms with Gasteiger partial charge in [-0.15, -0.1) is 0 Å². The molecule has 0 radical (unpaired) electrons. The Balaban J connectivity index is 1.97. The second-order valence-corrected chi connectivity index (χ2v) is 4.71. The van der Waals surface area contributed by atoms with Crippen molar-refractivity contribution in [1.82, 2.24) is 20.4 Å². The molecular formula is C13H18N4O4. The lowest BCUT2D eigenvalue weighted by atomic mass is 10.0. The van der Waals surface area contributed by atoms with Crippen LogP contribution in [-0.4, -0.2) is 58.0 Å². The van der Waals surface area contributed by atoms with E-state index in [4.69, 9.17) is 9.84 Å². The van der Waals surface area contributed by atoms with E-state index in [1.54, 1.807) is 25.3 Å². The van der Waals surface area contributed by atoms with E-state index in [-0.39, 0.29) is 25.8 Å². The van der Waals surface area contributed by atoms with Crippen molar-refractivity contribution in [2.75, 3.05) is 19.8 Å². The summed E-state index contributed by atoms with van der Waals surface area (Å²) in [5.74, 6) is -1.63. The van der Waals surface area contributed by atoms with E-state index < -0.39 is 17.9 Å². The van der Waals surface area contributed by atoms with Crippen LogP contribution in [0.2, 0.25) is 0 Å². The maximum atomic E-state index is 12.2. The van der Waals surface area contributed by atoms with Crippen LogP contribution in [-0.2, 0) is 16.1 Å². The first-order chi connectivity index (χ1) is 10.1. The Bertz CT molecular complexity index is 496. The maximum absolute atomic E-state index is 12.2. The average Bonchev–Trinajstić information content (AvgIpc) is 2.96. The molecule has 0 spiro atoms. The Morgan fingerprint density at radius 3 is 2.95 bits per heavy atom. The summed E-state index contributed by atoms with van der Waals surface area (Å²) in [6, 6.07) is 2.71. The molecule has 2 atom stereocenters. The third-order valence-electron chi connectivity index (χ3n) is 3.42. The fraction of sp³-hybridized carbons (Fsp3) is 0.538. The van der Waals surface area contributed by atoms with Crippen LogP contribution in [0.25, 0.3) is 0 Å². The van der Waals surface area contributed by atoms with Crippen LogP contribution in [0.15, 0.2) is 18.3 Å². The second kappa shape index (κ2) is 6.98. The van der Waals surface area contributed by atoms with Gasteiger partial charge in [0.15, 0.2) is 0 Å². The minimum absolute atomic E-state index is 0.133. The number of hydrogen-bond acceptors (Lipinski definition) is 5. The summed E-state index contributed by atoms with van der Waals surface area (Å²) in [5, 5.41) is 19.5. The molecule has 8 nitrogen and oxygen atoms in total. The summed E-state index contributed by atoms with van der Waals surface area (Å²) in [7, 11) is 0. The van der Waals surface area contributed by atoms with Crippen molar-refractivity contribution < 1.29 is 19.4 Å². The largest absolute Gasteiger partial charge is 0.481 e. The summed E-state index contributed by atoms with van der Waals surface area (Å²) in [6.07, 6.45) is 1.55. The first-order valence-electron chi connectivity index (χ1n) is 6.75. The minimum atomic E-state index is -0.947. The third-order valence-corrected chi connectivity index (χ3v) is 3.42. The Labute approximate surface area is 122 Å². The lowest BCUT2D eigenvalue weighted by molar-refractivity contribution is -0.142. The topological polar surface area (TPSA) is 105 Å². The van der Waals surface area contributed by atoms with E-state index in [2.05, 4.69) is 15.5 Å². The summed E-state index contributed by atoms with van der Waals surface area (Å²) in [5.41, 5.74) is 0.638. The number of carboxylic acids is 1. The van der Waals surface area contributed by atoms with Crippen LogP contribution in [0.3, 0.4) is 0 Å². The number of carbonyl (C=O) groups is 2. The first-order valence-corrected chi connectivity index (χ1v) is 6.75. The number of nitrogens with one attached hydrogen (secondary N) is 1. The molecule has 0 bridgehead atoms. The highest BCUT2D eigenvalue weighted by Crippen LogP contribution is 2.20. The molecule has 2 amide bonds. The van der Waals surface area contributed by atoms with Crippen molar-refractivity contribution >= 4 is 12.0 Å². The molecule has 21 heavy (non-hydrogen) atoms. The summed E-state index contributed by atoms with van der Waals surface area (Å²) >= 11 is 0. The Morgan fingerprint density at radius 1 is 1.52 bits per heavy atom. The monoisotopic (exact) mass is 294 g/mol. The van der Waals surface area contributed by atoms with Gasteiger partial charge >= 0.3 is 12.0 Å². The van der Waals surface area contributed by atoms with Crippen LogP contribution < -0.4 is 5.32 Å². The van der Waals surface area contributed by atoms with E-state index in [1.807, 2.05) is 0 Å². The summed E-state index contributed by atoms with van der Waals surface area (Å²) < 4.78 is 5.20. The number of carbonyl (C=O) groups excluding carboxylic acids is 1. The number of amides is 2. The second-order valence-electron chi connectivity index (χ2n) is 4.71. The molecule has 8 heteroatoms. The molecule has 2 unspecified atom stereocenters. The normalized spacial score (nSPS) is 21.0. The Kier molecular flexibility index (Phi) is 5.04. The van der Waals surface area contributed by atoms with Crippen molar-refractivity contribution in [2.45, 2.75) is 19.5 Å². The zero-order chi connectivity index (χ0) is 15.2. The van der Waals surface area contributed by atoms with Gasteiger partial charge in [-0.2, -0.15) is 10.2 Å². The predicted molar refractivity (Wildman–Crippen MR) is 72.4 cm³/mol. The molecule has 1 aliphatic rings. The van der Waals surface area contributed by atoms with Crippen LogP contribution >= 0.6 is 0 Å². The van der Waals surface area contributed by atoms with Crippen molar-refractivity contribution in [2.24, 2.45) is 5.92 Å². The van der Waals surface area contributed by atoms with Crippen molar-refractivity contribution in [3.05, 3.63) is 24.0 Å². The molecule has 2 N–H and O–H groups in total. The zero-order valence-electron chi connectivity index (χ0n) is 11.7. The van der Waals surface area contributed by atoms with Gasteiger partial charge in [0.25, 0.3) is 0 Å². The van der Waals surface area contributed by atoms with E-state index in [9.17, 15) is 9.59 Å². The van der Waals surface area contributed by atoms with Gasteiger partial charge in [-0.05, 0) is 19.1 Å². The number of aromatic nitrogens is 2. The molecule has 1 saturated heterocycles. The summed E-state index contributed by atoms with van der Waals surface area (Å²) in [4.78, 5) is 24.9. The average molecular weight is 294 g/mol. The van der Waals surface area contributed by atoms with Gasteiger partial charge < -0.3 is 20.1 Å². The van der Waals surface area contributed by atoms with E-state index in [1.165, 1.54) is 4.90 Å². The molecule has 1 aromatic heterocycles. The smallest absolute Gasteiger partial charge is 0.318 e. The number of nitrogens with zero attached hydrogens (tertiary/aromatic N) is 3. The molecule has 0 saturated carbocycles.